The summed E-state index contributed by atoms with van der Waals surface area (Å²) >= 11 is 0. The summed E-state index contributed by atoms with van der Waals surface area (Å²) in [6.07, 6.45) is 42.2. The molecule has 0 aliphatic heterocycles. The molecule has 18 rings (SSSR count). The summed E-state index contributed by atoms with van der Waals surface area (Å²) in [5.41, 5.74) is 44.6. The smallest absolute Gasteiger partial charge is 0.0467 e. The molecule has 0 aromatic heterocycles. The summed E-state index contributed by atoms with van der Waals surface area (Å²) in [5.74, 6) is 0. The van der Waals surface area contributed by atoms with Crippen LogP contribution in [0.5, 0.6) is 0 Å². The number of hydrogen-bond acceptors (Lipinski definition) is 4. The molecule has 0 amide bonds. The van der Waals surface area contributed by atoms with E-state index in [0.717, 1.165) is 79.4 Å². The van der Waals surface area contributed by atoms with Gasteiger partial charge in [0.1, 0.15) is 0 Å². The van der Waals surface area contributed by atoms with E-state index in [2.05, 4.69) is 506 Å². The second-order valence-electron chi connectivity index (χ2n) is 42.1. The molecule has 0 atom stereocenters. The molecule has 4 heteroatoms. The van der Waals surface area contributed by atoms with Gasteiger partial charge in [-0.2, -0.15) is 0 Å². The first kappa shape index (κ1) is 110. The highest BCUT2D eigenvalue weighted by Crippen LogP contribution is 2.57. The second-order valence-corrected chi connectivity index (χ2v) is 42.1. The van der Waals surface area contributed by atoms with Crippen LogP contribution in [0.2, 0.25) is 0 Å². The van der Waals surface area contributed by atoms with Crippen molar-refractivity contribution in [1.29, 1.82) is 0 Å². The fourth-order valence-electron chi connectivity index (χ4n) is 21.9. The summed E-state index contributed by atoms with van der Waals surface area (Å²) in [7, 11) is 0. The molecule has 0 bridgehead atoms. The van der Waals surface area contributed by atoms with E-state index in [1.165, 1.54) is 269 Å². The van der Waals surface area contributed by atoms with Gasteiger partial charge in [0.25, 0.3) is 0 Å². The maximum atomic E-state index is 3.88. The number of aryl methyl sites for hydroxylation is 10. The lowest BCUT2D eigenvalue weighted by atomic mass is 9.70. The summed E-state index contributed by atoms with van der Waals surface area (Å²) < 4.78 is 0. The Labute approximate surface area is 892 Å². The number of nitrogens with zero attached hydrogens (tertiary/aromatic N) is 4. The molecule has 4 nitrogen and oxygen atoms in total. The Bertz CT molecular complexity index is 6110. The van der Waals surface area contributed by atoms with Gasteiger partial charge in [-0.05, 0) is 307 Å². The van der Waals surface area contributed by atoms with Crippen LogP contribution >= 0.6 is 0 Å². The predicted molar refractivity (Wildman–Crippen MR) is 648 cm³/mol. The molecule has 0 saturated carbocycles. The number of benzene rings is 16. The average molecular weight is 1950 g/mol. The van der Waals surface area contributed by atoms with Crippen LogP contribution in [0.3, 0.4) is 0 Å². The summed E-state index contributed by atoms with van der Waals surface area (Å²) in [4.78, 5) is 9.13. The van der Waals surface area contributed by atoms with Gasteiger partial charge in [0.15, 0.2) is 0 Å². The van der Waals surface area contributed by atoms with E-state index in [1.54, 1.807) is 22.3 Å². The molecule has 0 unspecified atom stereocenters. The lowest BCUT2D eigenvalue weighted by Gasteiger charge is -2.33. The van der Waals surface area contributed by atoms with Gasteiger partial charge >= 0.3 is 0 Å². The van der Waals surface area contributed by atoms with Gasteiger partial charge < -0.3 is 19.6 Å². The standard InChI is InChI=1S/C38H32N2.2C31H46.2C22H21N/c1-29-13-21-35(22-14-29)39(33-9-5-3-6-10-33)37-25-17-31(18-26-37)32-19-27-38(28-20-32)40(34-11-7-4-8-12-34)36-23-15-30(2)16-24-36;2*1-5-7-9-11-13-15-21-31(22-16-14-12-10-8-6-2)29-23-25(3)17-19-27(29)28-20-18-26(4)24-30(28)31;2*1-4-19-6-5-7-22(16-19)23(20-12-8-17(2)9-13-20)21-14-10-18(3)11-15-21/h3-28H,1-2H3;2*17-20,23-24H,5-16,21-22H2,1-4H3;2*4-16H,1H2,2-3H3. The van der Waals surface area contributed by atoms with Crippen molar-refractivity contribution >= 4 is 80.4 Å². The van der Waals surface area contributed by atoms with Crippen LogP contribution < -0.4 is 19.6 Å². The largest absolute Gasteiger partial charge is 0.311 e. The van der Waals surface area contributed by atoms with Crippen LogP contribution in [-0.4, -0.2) is 0 Å². The highest BCUT2D eigenvalue weighted by atomic mass is 15.2. The summed E-state index contributed by atoms with van der Waals surface area (Å²) in [6.45, 7) is 38.8. The van der Waals surface area contributed by atoms with Crippen LogP contribution in [0.1, 0.15) is 296 Å². The normalized spacial score (nSPS) is 12.0. The summed E-state index contributed by atoms with van der Waals surface area (Å²) in [5, 5.41) is 0. The fraction of sp³-hybridized carbons (Fsp3) is 0.306. The minimum Gasteiger partial charge on any atom is -0.311 e. The van der Waals surface area contributed by atoms with Gasteiger partial charge in [-0.1, -0.05) is 493 Å². The summed E-state index contributed by atoms with van der Waals surface area (Å²) in [6, 6.07) is 136. The van der Waals surface area contributed by atoms with Gasteiger partial charge in [-0.25, -0.2) is 0 Å². The predicted octanol–water partition coefficient (Wildman–Crippen LogP) is 43.9. The Morgan fingerprint density at radius 1 is 0.176 bits per heavy atom. The Morgan fingerprint density at radius 2 is 0.358 bits per heavy atom. The number of anilines is 12. The monoisotopic (exact) mass is 1950 g/mol. The lowest BCUT2D eigenvalue weighted by molar-refractivity contribution is 0.397. The van der Waals surface area contributed by atoms with E-state index in [1.807, 2.05) is 12.2 Å². The zero-order valence-electron chi connectivity index (χ0n) is 92.0. The third-order valence-corrected chi connectivity index (χ3v) is 30.3. The molecule has 0 fully saturated rings. The molecule has 0 radical (unpaired) electrons. The van der Waals surface area contributed by atoms with E-state index in [4.69, 9.17) is 0 Å². The van der Waals surface area contributed by atoms with Gasteiger partial charge in [-0.15, -0.1) is 0 Å². The van der Waals surface area contributed by atoms with E-state index < -0.39 is 0 Å². The molecule has 762 valence electrons. The van der Waals surface area contributed by atoms with Gasteiger partial charge in [0.2, 0.25) is 0 Å². The first-order valence-electron chi connectivity index (χ1n) is 56.1. The third kappa shape index (κ3) is 29.4. The van der Waals surface area contributed by atoms with Crippen LogP contribution in [-0.2, 0) is 10.8 Å². The lowest BCUT2D eigenvalue weighted by Crippen LogP contribution is -2.25. The van der Waals surface area contributed by atoms with Crippen LogP contribution in [0, 0.1) is 69.2 Å². The fourth-order valence-corrected chi connectivity index (χ4v) is 21.9. The number of rotatable bonds is 43. The zero-order chi connectivity index (χ0) is 104. The van der Waals surface area contributed by atoms with Crippen molar-refractivity contribution in [1.82, 2.24) is 0 Å². The Balaban J connectivity index is 0.000000148. The second kappa shape index (κ2) is 55.8. The van der Waals surface area contributed by atoms with E-state index in [9.17, 15) is 0 Å². The number of unbranched alkanes of at least 4 members (excludes halogenated alkanes) is 20. The van der Waals surface area contributed by atoms with Crippen molar-refractivity contribution < 1.29 is 0 Å². The van der Waals surface area contributed by atoms with Crippen molar-refractivity contribution in [2.75, 3.05) is 19.6 Å². The number of para-hydroxylation sites is 2. The highest BCUT2D eigenvalue weighted by Gasteiger charge is 2.44. The highest BCUT2D eigenvalue weighted by molar-refractivity contribution is 5.86. The maximum absolute atomic E-state index is 3.88. The van der Waals surface area contributed by atoms with E-state index in [0.29, 0.717) is 0 Å². The number of fused-ring (bicyclic) bond motifs is 6. The van der Waals surface area contributed by atoms with Crippen molar-refractivity contribution in [2.45, 2.75) is 288 Å². The molecule has 0 N–H and O–H groups in total. The van der Waals surface area contributed by atoms with Crippen molar-refractivity contribution in [3.8, 4) is 33.4 Å². The zero-order valence-corrected chi connectivity index (χ0v) is 92.0. The van der Waals surface area contributed by atoms with Gasteiger partial charge in [0.05, 0.1) is 0 Å². The molecular weight excluding hydrogens is 1790 g/mol. The molecule has 0 spiro atoms. The molecule has 16 aromatic rings. The number of hydrogen-bond donors (Lipinski definition) is 0. The Kier molecular flexibility index (Phi) is 41.5. The van der Waals surface area contributed by atoms with Gasteiger partial charge in [0, 0.05) is 79.1 Å². The first-order chi connectivity index (χ1) is 72.2. The molecule has 0 saturated heterocycles. The van der Waals surface area contributed by atoms with Gasteiger partial charge in [-0.3, -0.25) is 0 Å². The van der Waals surface area contributed by atoms with Crippen LogP contribution in [0.15, 0.2) is 389 Å². The van der Waals surface area contributed by atoms with Crippen molar-refractivity contribution in [2.24, 2.45) is 0 Å². The molecule has 16 aromatic carbocycles. The first-order valence-corrected chi connectivity index (χ1v) is 56.1. The topological polar surface area (TPSA) is 13.0 Å². The SMILES string of the molecule is C=Cc1cccc(N(c2ccc(C)cc2)c2ccc(C)cc2)c1.C=Cc1cccc(N(c2ccc(C)cc2)c2ccc(C)cc2)c1.CCCCCCCCC1(CCCCCCCC)c2cc(C)ccc2-c2ccc(C)cc21.CCCCCCCCC1(CCCCCCCC)c2cc(C)ccc2-c2ccc(C)cc21.Cc1ccc(N(c2ccccc2)c2ccc(-c3ccc(N(c4ccccc4)c4ccc(C)cc4)cc3)cc2)cc1. The van der Waals surface area contributed by atoms with Crippen molar-refractivity contribution in [3.63, 3.8) is 0 Å². The molecule has 2 aliphatic rings. The minimum absolute atomic E-state index is 0.234. The van der Waals surface area contributed by atoms with E-state index in [-0.39, 0.29) is 10.8 Å². The average Bonchev–Trinajstić information content (AvgIpc) is 1.57. The van der Waals surface area contributed by atoms with E-state index >= 15 is 0 Å². The third-order valence-electron chi connectivity index (χ3n) is 30.3. The van der Waals surface area contributed by atoms with Crippen LogP contribution in [0.25, 0.3) is 45.5 Å². The minimum atomic E-state index is 0.234. The Hall–Kier alpha value is -13.8. The maximum Gasteiger partial charge on any atom is 0.0467 e. The molecule has 148 heavy (non-hydrogen) atoms. The quantitative estimate of drug-likeness (QED) is 0.0353. The van der Waals surface area contributed by atoms with Crippen LogP contribution in [0.4, 0.5) is 68.2 Å². The Morgan fingerprint density at radius 3 is 0.574 bits per heavy atom. The molecular formula is C144H166N4. The van der Waals surface area contributed by atoms with Crippen molar-refractivity contribution in [3.05, 3.63) is 478 Å². The molecule has 2 aliphatic carbocycles. The molecule has 0 heterocycles.